The van der Waals surface area contributed by atoms with E-state index < -0.39 is 28.6 Å². The molecule has 1 rings (SSSR count). The fourth-order valence-corrected chi connectivity index (χ4v) is 2.85. The third-order valence-corrected chi connectivity index (χ3v) is 4.20. The van der Waals surface area contributed by atoms with Crippen LogP contribution in [0.15, 0.2) is 23.1 Å². The van der Waals surface area contributed by atoms with Crippen molar-refractivity contribution in [2.45, 2.75) is 11.0 Å². The largest absolute Gasteiger partial charge is 0.467 e. The Kier molecular flexibility index (Phi) is 5.47. The first-order valence-corrected chi connectivity index (χ1v) is 7.13. The van der Waals surface area contributed by atoms with E-state index in [1.54, 1.807) is 0 Å². The molecule has 0 spiro atoms. The number of nitriles is 1. The van der Waals surface area contributed by atoms with Crippen LogP contribution >= 0.6 is 11.6 Å². The maximum Gasteiger partial charge on any atom is 0.336 e. The number of halogens is 1. The van der Waals surface area contributed by atoms with Crippen molar-refractivity contribution in [1.29, 1.82) is 5.26 Å². The second kappa shape index (κ2) is 6.67. The van der Waals surface area contributed by atoms with Gasteiger partial charge in [-0.2, -0.15) is 5.26 Å². The molecule has 1 atom stereocenters. The molecule has 0 saturated heterocycles. The number of nitrogens with zero attached hydrogens (tertiary/aromatic N) is 1. The lowest BCUT2D eigenvalue weighted by Crippen LogP contribution is -2.37. The zero-order chi connectivity index (χ0) is 15.3. The highest BCUT2D eigenvalue weighted by Crippen LogP contribution is 2.22. The van der Waals surface area contributed by atoms with Gasteiger partial charge in [-0.1, -0.05) is 11.6 Å². The highest BCUT2D eigenvalue weighted by molar-refractivity contribution is 7.89. The van der Waals surface area contributed by atoms with E-state index in [4.69, 9.17) is 16.9 Å². The number of carbonyl (C=O) groups is 1. The topological polar surface area (TPSA) is 116 Å². The molecule has 1 aromatic carbocycles. The monoisotopic (exact) mass is 318 g/mol. The second-order valence-corrected chi connectivity index (χ2v) is 5.79. The number of nitrogens with one attached hydrogen (secondary N) is 1. The summed E-state index contributed by atoms with van der Waals surface area (Å²) in [6, 6.07) is 5.47. The molecule has 0 aliphatic rings. The average Bonchev–Trinajstić information content (AvgIpc) is 2.43. The number of aliphatic hydroxyl groups excluding tert-OH is 1. The third kappa shape index (κ3) is 3.91. The van der Waals surface area contributed by atoms with Crippen molar-refractivity contribution >= 4 is 27.6 Å². The number of methoxy groups -OCH3 is 1. The van der Waals surface area contributed by atoms with Gasteiger partial charge in [0.15, 0.2) is 6.10 Å². The first kappa shape index (κ1) is 16.4. The van der Waals surface area contributed by atoms with E-state index in [1.165, 1.54) is 12.1 Å². The van der Waals surface area contributed by atoms with Crippen molar-refractivity contribution in [2.75, 3.05) is 13.7 Å². The molecule has 0 aromatic heterocycles. The van der Waals surface area contributed by atoms with E-state index in [9.17, 15) is 18.3 Å². The molecule has 0 aliphatic heterocycles. The number of hydrogen-bond acceptors (Lipinski definition) is 6. The lowest BCUT2D eigenvalue weighted by Gasteiger charge is -2.11. The highest BCUT2D eigenvalue weighted by Gasteiger charge is 2.22. The van der Waals surface area contributed by atoms with Crippen LogP contribution in [0.3, 0.4) is 0 Å². The van der Waals surface area contributed by atoms with Crippen LogP contribution in [0.25, 0.3) is 0 Å². The van der Waals surface area contributed by atoms with Gasteiger partial charge in [0, 0.05) is 6.54 Å². The Bertz CT molecular complexity index is 653. The summed E-state index contributed by atoms with van der Waals surface area (Å²) in [4.78, 5) is 10.7. The summed E-state index contributed by atoms with van der Waals surface area (Å²) < 4.78 is 30.1. The summed E-state index contributed by atoms with van der Waals surface area (Å²) >= 11 is 5.77. The number of hydrogen-bond donors (Lipinski definition) is 2. The maximum atomic E-state index is 11.9. The van der Waals surface area contributed by atoms with Crippen LogP contribution in [0.2, 0.25) is 5.02 Å². The van der Waals surface area contributed by atoms with Gasteiger partial charge in [0.1, 0.15) is 4.90 Å². The molecular formula is C11H11ClN2O5S. The molecular weight excluding hydrogens is 308 g/mol. The molecule has 20 heavy (non-hydrogen) atoms. The summed E-state index contributed by atoms with van der Waals surface area (Å²) in [5.74, 6) is -0.960. The SMILES string of the molecule is COC(=O)C(O)CNS(=O)(=O)c1ccc(C#N)cc1Cl. The molecule has 9 heteroatoms. The zero-order valence-electron chi connectivity index (χ0n) is 10.3. The molecule has 0 heterocycles. The van der Waals surface area contributed by atoms with Gasteiger partial charge in [-0.3, -0.25) is 0 Å². The van der Waals surface area contributed by atoms with Crippen molar-refractivity contribution in [3.05, 3.63) is 28.8 Å². The molecule has 7 nitrogen and oxygen atoms in total. The van der Waals surface area contributed by atoms with Gasteiger partial charge < -0.3 is 9.84 Å². The number of rotatable bonds is 5. The van der Waals surface area contributed by atoms with Crippen LogP contribution in [-0.2, 0) is 19.6 Å². The normalized spacial score (nSPS) is 12.5. The Morgan fingerprint density at radius 2 is 2.25 bits per heavy atom. The smallest absolute Gasteiger partial charge is 0.336 e. The molecule has 108 valence electrons. The van der Waals surface area contributed by atoms with Crippen molar-refractivity contribution in [1.82, 2.24) is 4.72 Å². The summed E-state index contributed by atoms with van der Waals surface area (Å²) in [5.41, 5.74) is 0.212. The predicted octanol–water partition coefficient (Wildman–Crippen LogP) is 0.0239. The van der Waals surface area contributed by atoms with Gasteiger partial charge in [-0.05, 0) is 18.2 Å². The Balaban J connectivity index is 2.90. The standard InChI is InChI=1S/C11H11ClN2O5S/c1-19-11(16)9(15)6-14-20(17,18)10-3-2-7(5-13)4-8(10)12/h2-4,9,14-15H,6H2,1H3. The summed E-state index contributed by atoms with van der Waals surface area (Å²) in [7, 11) is -2.94. The van der Waals surface area contributed by atoms with Crippen molar-refractivity contribution < 1.29 is 23.1 Å². The lowest BCUT2D eigenvalue weighted by molar-refractivity contribution is -0.149. The van der Waals surface area contributed by atoms with Gasteiger partial charge in [0.25, 0.3) is 0 Å². The Hall–Kier alpha value is -1.66. The van der Waals surface area contributed by atoms with Crippen LogP contribution in [0.1, 0.15) is 5.56 Å². The van der Waals surface area contributed by atoms with Crippen LogP contribution in [0.4, 0.5) is 0 Å². The maximum absolute atomic E-state index is 11.9. The molecule has 1 unspecified atom stereocenters. The zero-order valence-corrected chi connectivity index (χ0v) is 11.9. The number of ether oxygens (including phenoxy) is 1. The van der Waals surface area contributed by atoms with Crippen LogP contribution in [-0.4, -0.2) is 39.3 Å². The summed E-state index contributed by atoms with van der Waals surface area (Å²) in [5, 5.41) is 17.8. The fraction of sp³-hybridized carbons (Fsp3) is 0.273. The quantitative estimate of drug-likeness (QED) is 0.739. The minimum atomic E-state index is -4.01. The van der Waals surface area contributed by atoms with Crippen LogP contribution < -0.4 is 4.72 Å². The van der Waals surface area contributed by atoms with E-state index in [2.05, 4.69) is 4.74 Å². The molecule has 0 aliphatic carbocycles. The molecule has 1 aromatic rings. The van der Waals surface area contributed by atoms with Crippen LogP contribution in [0, 0.1) is 11.3 Å². The van der Waals surface area contributed by atoms with E-state index in [1.807, 2.05) is 10.8 Å². The minimum absolute atomic E-state index is 0.135. The summed E-state index contributed by atoms with van der Waals surface area (Å²) in [6.45, 7) is -0.550. The number of aliphatic hydroxyl groups is 1. The Morgan fingerprint density at radius 3 is 2.75 bits per heavy atom. The highest BCUT2D eigenvalue weighted by atomic mass is 35.5. The average molecular weight is 319 g/mol. The van der Waals surface area contributed by atoms with Crippen molar-refractivity contribution in [3.8, 4) is 6.07 Å². The van der Waals surface area contributed by atoms with Gasteiger partial charge >= 0.3 is 5.97 Å². The van der Waals surface area contributed by atoms with E-state index in [0.717, 1.165) is 13.2 Å². The van der Waals surface area contributed by atoms with E-state index in [0.29, 0.717) is 0 Å². The molecule has 0 fully saturated rings. The van der Waals surface area contributed by atoms with Gasteiger partial charge in [0.2, 0.25) is 10.0 Å². The van der Waals surface area contributed by atoms with E-state index >= 15 is 0 Å². The Labute approximate surface area is 120 Å². The summed E-state index contributed by atoms with van der Waals surface area (Å²) in [6.07, 6.45) is -1.62. The number of sulfonamides is 1. The molecule has 0 bridgehead atoms. The first-order valence-electron chi connectivity index (χ1n) is 5.27. The molecule has 2 N–H and O–H groups in total. The third-order valence-electron chi connectivity index (χ3n) is 2.29. The lowest BCUT2D eigenvalue weighted by atomic mass is 10.2. The van der Waals surface area contributed by atoms with Gasteiger partial charge in [-0.15, -0.1) is 0 Å². The van der Waals surface area contributed by atoms with E-state index in [-0.39, 0.29) is 15.5 Å². The second-order valence-electron chi connectivity index (χ2n) is 3.65. The van der Waals surface area contributed by atoms with Gasteiger partial charge in [0.05, 0.1) is 23.8 Å². The Morgan fingerprint density at radius 1 is 1.60 bits per heavy atom. The molecule has 0 radical (unpaired) electrons. The van der Waals surface area contributed by atoms with Gasteiger partial charge in [-0.25, -0.2) is 17.9 Å². The number of esters is 1. The predicted molar refractivity (Wildman–Crippen MR) is 69.4 cm³/mol. The first-order chi connectivity index (χ1) is 9.31. The molecule has 0 saturated carbocycles. The minimum Gasteiger partial charge on any atom is -0.467 e. The molecule has 0 amide bonds. The fourth-order valence-electron chi connectivity index (χ4n) is 1.27. The van der Waals surface area contributed by atoms with Crippen molar-refractivity contribution in [3.63, 3.8) is 0 Å². The van der Waals surface area contributed by atoms with Crippen LogP contribution in [0.5, 0.6) is 0 Å². The number of carbonyl (C=O) groups excluding carboxylic acids is 1. The number of benzene rings is 1. The van der Waals surface area contributed by atoms with Crippen molar-refractivity contribution in [2.24, 2.45) is 0 Å².